The Bertz CT molecular complexity index is 658. The van der Waals surface area contributed by atoms with Crippen LogP contribution in [0.15, 0.2) is 53.2 Å². The number of nitrogens with two attached hydrogens (primary N) is 1. The maximum Gasteiger partial charge on any atom is 0.134 e. The van der Waals surface area contributed by atoms with E-state index < -0.39 is 0 Å². The molecule has 0 spiro atoms. The molecule has 0 amide bonds. The number of phenolic OH excluding ortho intramolecular Hbond substituents is 1. The molecule has 1 aromatic carbocycles. The Morgan fingerprint density at radius 1 is 1.48 bits per heavy atom. The Hall–Kier alpha value is -1.71. The van der Waals surface area contributed by atoms with Crippen LogP contribution in [0.5, 0.6) is 5.75 Å². The van der Waals surface area contributed by atoms with Gasteiger partial charge in [0.25, 0.3) is 0 Å². The van der Waals surface area contributed by atoms with E-state index in [1.807, 2.05) is 25.2 Å². The Morgan fingerprint density at radius 2 is 2.24 bits per heavy atom. The predicted molar refractivity (Wildman–Crippen MR) is 89.9 cm³/mol. The average Bonchev–Trinajstić information content (AvgIpc) is 2.43. The van der Waals surface area contributed by atoms with Crippen molar-refractivity contribution in [1.29, 1.82) is 0 Å². The number of allylic oxidation sites excluding steroid dienone is 3. The average molecular weight is 323 g/mol. The first-order valence-corrected chi connectivity index (χ1v) is 7.20. The van der Waals surface area contributed by atoms with Crippen LogP contribution in [-0.4, -0.2) is 15.8 Å². The maximum absolute atomic E-state index is 9.35. The first kappa shape index (κ1) is 15.7. The first-order chi connectivity index (χ1) is 9.85. The molecule has 1 aromatic rings. The van der Waals surface area contributed by atoms with E-state index in [4.69, 9.17) is 28.9 Å². The van der Waals surface area contributed by atoms with E-state index in [1.165, 1.54) is 6.07 Å². The number of hydrogen-bond acceptors (Lipinski definition) is 2. The smallest absolute Gasteiger partial charge is 0.134 e. The highest BCUT2D eigenvalue weighted by molar-refractivity contribution is 6.32. The van der Waals surface area contributed by atoms with Crippen molar-refractivity contribution in [2.24, 2.45) is 10.7 Å². The molecule has 3 N–H and O–H groups in total. The Labute approximate surface area is 134 Å². The minimum Gasteiger partial charge on any atom is -0.506 e. The summed E-state index contributed by atoms with van der Waals surface area (Å²) in [5.74, 6) is 0.436. The van der Waals surface area contributed by atoms with Crippen molar-refractivity contribution in [3.8, 4) is 5.75 Å². The Balaban J connectivity index is 2.07. The molecule has 0 heterocycles. The SMILES string of the molecule is CC1(Cl)C=CC(N=C(N)/C=C/c2ccc(O)c(Cl)c2)=CC1. The molecule has 1 unspecified atom stereocenters. The zero-order valence-corrected chi connectivity index (χ0v) is 13.1. The number of aliphatic imine (C=N–C) groups is 1. The fourth-order valence-corrected chi connectivity index (χ4v) is 2.11. The van der Waals surface area contributed by atoms with Gasteiger partial charge in [-0.05, 0) is 43.2 Å². The van der Waals surface area contributed by atoms with E-state index in [9.17, 15) is 5.11 Å². The van der Waals surface area contributed by atoms with Gasteiger partial charge in [0, 0.05) is 0 Å². The highest BCUT2D eigenvalue weighted by Crippen LogP contribution is 2.27. The second kappa shape index (κ2) is 6.37. The summed E-state index contributed by atoms with van der Waals surface area (Å²) >= 11 is 12.0. The molecule has 1 aliphatic rings. The monoisotopic (exact) mass is 322 g/mol. The lowest BCUT2D eigenvalue weighted by molar-refractivity contribution is 0.475. The van der Waals surface area contributed by atoms with Gasteiger partial charge in [-0.1, -0.05) is 35.9 Å². The number of hydrogen-bond donors (Lipinski definition) is 2. The standard InChI is InChI=1S/C16H16Cl2N2O/c1-16(18)8-6-12(7-9-16)20-15(19)5-3-11-2-4-14(21)13(17)10-11/h2-8,10,21H,9H2,1H3,(H2,19,20)/b5-3+. The summed E-state index contributed by atoms with van der Waals surface area (Å²) in [6.07, 6.45) is 9.90. The summed E-state index contributed by atoms with van der Waals surface area (Å²) in [5.41, 5.74) is 7.48. The van der Waals surface area contributed by atoms with Crippen molar-refractivity contribution in [1.82, 2.24) is 0 Å². The van der Waals surface area contributed by atoms with Crippen LogP contribution in [0.3, 0.4) is 0 Å². The van der Waals surface area contributed by atoms with Crippen molar-refractivity contribution in [3.05, 3.63) is 58.8 Å². The summed E-state index contributed by atoms with van der Waals surface area (Å²) < 4.78 is 0. The normalized spacial score (nSPS) is 22.6. The third-order valence-corrected chi connectivity index (χ3v) is 3.57. The molecule has 5 heteroatoms. The molecule has 0 bridgehead atoms. The molecule has 2 rings (SSSR count). The van der Waals surface area contributed by atoms with E-state index in [0.717, 1.165) is 11.3 Å². The van der Waals surface area contributed by atoms with Crippen molar-refractivity contribution >= 4 is 35.1 Å². The lowest BCUT2D eigenvalue weighted by Gasteiger charge is -2.18. The molecule has 1 atom stereocenters. The summed E-state index contributed by atoms with van der Waals surface area (Å²) in [6.45, 7) is 1.94. The summed E-state index contributed by atoms with van der Waals surface area (Å²) in [6, 6.07) is 4.92. The van der Waals surface area contributed by atoms with Crippen molar-refractivity contribution in [3.63, 3.8) is 0 Å². The van der Waals surface area contributed by atoms with Gasteiger partial charge >= 0.3 is 0 Å². The van der Waals surface area contributed by atoms with Gasteiger partial charge in [-0.25, -0.2) is 4.99 Å². The largest absolute Gasteiger partial charge is 0.506 e. The number of phenols is 1. The summed E-state index contributed by atoms with van der Waals surface area (Å²) in [5, 5.41) is 9.65. The Kier molecular flexibility index (Phi) is 4.76. The molecule has 0 aliphatic heterocycles. The summed E-state index contributed by atoms with van der Waals surface area (Å²) in [4.78, 5) is 3.96. The topological polar surface area (TPSA) is 58.6 Å². The van der Waals surface area contributed by atoms with Crippen LogP contribution in [0.25, 0.3) is 6.08 Å². The van der Waals surface area contributed by atoms with Gasteiger partial charge in [0.05, 0.1) is 15.6 Å². The van der Waals surface area contributed by atoms with Crippen molar-refractivity contribution < 1.29 is 5.11 Å². The second-order valence-electron chi connectivity index (χ2n) is 5.03. The van der Waals surface area contributed by atoms with Gasteiger partial charge in [-0.2, -0.15) is 0 Å². The van der Waals surface area contributed by atoms with E-state index >= 15 is 0 Å². The van der Waals surface area contributed by atoms with Crippen molar-refractivity contribution in [2.75, 3.05) is 0 Å². The molecule has 3 nitrogen and oxygen atoms in total. The molecule has 0 aromatic heterocycles. The zero-order valence-electron chi connectivity index (χ0n) is 11.6. The van der Waals surface area contributed by atoms with E-state index in [-0.39, 0.29) is 10.6 Å². The van der Waals surface area contributed by atoms with Crippen LogP contribution >= 0.6 is 23.2 Å². The number of benzene rings is 1. The molecule has 21 heavy (non-hydrogen) atoms. The number of alkyl halides is 1. The van der Waals surface area contributed by atoms with E-state index in [0.29, 0.717) is 17.3 Å². The summed E-state index contributed by atoms with van der Waals surface area (Å²) in [7, 11) is 0. The lowest BCUT2D eigenvalue weighted by Crippen LogP contribution is -2.14. The van der Waals surface area contributed by atoms with Crippen molar-refractivity contribution in [2.45, 2.75) is 18.2 Å². The van der Waals surface area contributed by atoms with Gasteiger partial charge < -0.3 is 10.8 Å². The predicted octanol–water partition coefficient (Wildman–Crippen LogP) is 4.26. The molecular weight excluding hydrogens is 307 g/mol. The quantitative estimate of drug-likeness (QED) is 0.496. The van der Waals surface area contributed by atoms with Crippen LogP contribution in [0.2, 0.25) is 5.02 Å². The fraction of sp³-hybridized carbons (Fsp3) is 0.188. The van der Waals surface area contributed by atoms with Crippen LogP contribution in [0, 0.1) is 0 Å². The number of amidine groups is 1. The Morgan fingerprint density at radius 3 is 2.86 bits per heavy atom. The molecule has 1 aliphatic carbocycles. The molecule has 0 fully saturated rings. The minimum atomic E-state index is -0.341. The highest BCUT2D eigenvalue weighted by atomic mass is 35.5. The molecule has 0 saturated heterocycles. The highest BCUT2D eigenvalue weighted by Gasteiger charge is 2.18. The van der Waals surface area contributed by atoms with E-state index in [1.54, 1.807) is 24.3 Å². The molecule has 110 valence electrons. The number of rotatable bonds is 3. The molecule has 0 radical (unpaired) electrons. The van der Waals surface area contributed by atoms with Gasteiger partial charge in [-0.3, -0.25) is 0 Å². The van der Waals surface area contributed by atoms with Gasteiger partial charge in [0.1, 0.15) is 11.6 Å². The number of aromatic hydroxyl groups is 1. The van der Waals surface area contributed by atoms with Gasteiger partial charge in [0.15, 0.2) is 0 Å². The lowest BCUT2D eigenvalue weighted by atomic mass is 10.0. The van der Waals surface area contributed by atoms with Crippen LogP contribution in [-0.2, 0) is 0 Å². The number of halogens is 2. The third kappa shape index (κ3) is 4.66. The van der Waals surface area contributed by atoms with Crippen LogP contribution < -0.4 is 5.73 Å². The minimum absolute atomic E-state index is 0.0528. The molecular formula is C16H16Cl2N2O. The van der Waals surface area contributed by atoms with Gasteiger partial charge in [-0.15, -0.1) is 11.6 Å². The fourth-order valence-electron chi connectivity index (χ4n) is 1.78. The van der Waals surface area contributed by atoms with Crippen LogP contribution in [0.4, 0.5) is 0 Å². The van der Waals surface area contributed by atoms with E-state index in [2.05, 4.69) is 4.99 Å². The number of nitrogens with zero attached hydrogens (tertiary/aromatic N) is 1. The zero-order chi connectivity index (χ0) is 15.5. The molecule has 0 saturated carbocycles. The third-order valence-electron chi connectivity index (χ3n) is 2.99. The second-order valence-corrected chi connectivity index (χ2v) is 6.30. The first-order valence-electron chi connectivity index (χ1n) is 6.45. The van der Waals surface area contributed by atoms with Gasteiger partial charge in [0.2, 0.25) is 0 Å². The van der Waals surface area contributed by atoms with Crippen LogP contribution in [0.1, 0.15) is 18.9 Å². The maximum atomic E-state index is 9.35.